The van der Waals surface area contributed by atoms with E-state index in [4.69, 9.17) is 9.88 Å². The summed E-state index contributed by atoms with van der Waals surface area (Å²) in [6, 6.07) is 4.90. The molecular formula is C13H20N2O3S. The van der Waals surface area contributed by atoms with E-state index in [2.05, 4.69) is 5.32 Å². The highest BCUT2D eigenvalue weighted by Crippen LogP contribution is 2.21. The van der Waals surface area contributed by atoms with Crippen LogP contribution in [0, 0.1) is 12.8 Å². The lowest BCUT2D eigenvalue weighted by molar-refractivity contribution is 0.0699. The molecule has 19 heavy (non-hydrogen) atoms. The van der Waals surface area contributed by atoms with Crippen molar-refractivity contribution in [3.8, 4) is 0 Å². The Bertz CT molecular complexity index is 537. The monoisotopic (exact) mass is 284 g/mol. The highest BCUT2D eigenvalue weighted by atomic mass is 32.2. The molecule has 0 aliphatic carbocycles. The maximum absolute atomic E-state index is 11.3. The molecule has 0 atom stereocenters. The minimum absolute atomic E-state index is 0.146. The second-order valence-corrected chi connectivity index (χ2v) is 6.52. The van der Waals surface area contributed by atoms with Crippen molar-refractivity contribution in [3.63, 3.8) is 0 Å². The fourth-order valence-electron chi connectivity index (χ4n) is 2.17. The molecule has 1 aliphatic rings. The van der Waals surface area contributed by atoms with Gasteiger partial charge >= 0.3 is 0 Å². The van der Waals surface area contributed by atoms with Gasteiger partial charge in [0.15, 0.2) is 0 Å². The summed E-state index contributed by atoms with van der Waals surface area (Å²) < 4.78 is 28.0. The van der Waals surface area contributed by atoms with Crippen LogP contribution in [0.3, 0.4) is 0 Å². The first kappa shape index (κ1) is 14.3. The van der Waals surface area contributed by atoms with Crippen molar-refractivity contribution in [1.29, 1.82) is 0 Å². The van der Waals surface area contributed by atoms with E-state index < -0.39 is 10.0 Å². The van der Waals surface area contributed by atoms with Gasteiger partial charge in [-0.3, -0.25) is 0 Å². The van der Waals surface area contributed by atoms with Crippen molar-refractivity contribution < 1.29 is 13.2 Å². The molecule has 1 aliphatic heterocycles. The summed E-state index contributed by atoms with van der Waals surface area (Å²) in [5.74, 6) is 0.575. The second-order valence-electron chi connectivity index (χ2n) is 4.96. The smallest absolute Gasteiger partial charge is 0.238 e. The second kappa shape index (κ2) is 5.90. The molecule has 1 aromatic rings. The average molecular weight is 284 g/mol. The zero-order chi connectivity index (χ0) is 13.9. The van der Waals surface area contributed by atoms with Gasteiger partial charge in [0.2, 0.25) is 10.0 Å². The number of primary sulfonamides is 1. The van der Waals surface area contributed by atoms with Crippen LogP contribution in [0.4, 0.5) is 5.69 Å². The first-order chi connectivity index (χ1) is 8.97. The minimum Gasteiger partial charge on any atom is -0.385 e. The van der Waals surface area contributed by atoms with Crippen LogP contribution in [0.15, 0.2) is 23.1 Å². The summed E-state index contributed by atoms with van der Waals surface area (Å²) in [5.41, 5.74) is 1.84. The molecule has 0 aromatic heterocycles. The zero-order valence-electron chi connectivity index (χ0n) is 11.1. The summed E-state index contributed by atoms with van der Waals surface area (Å²) in [7, 11) is -3.65. The van der Waals surface area contributed by atoms with Crippen LogP contribution < -0.4 is 10.5 Å². The summed E-state index contributed by atoms with van der Waals surface area (Å²) in [4.78, 5) is 0.146. The molecule has 0 spiro atoms. The number of rotatable bonds is 4. The minimum atomic E-state index is -3.65. The van der Waals surface area contributed by atoms with Gasteiger partial charge < -0.3 is 10.1 Å². The first-order valence-corrected chi connectivity index (χ1v) is 7.96. The van der Waals surface area contributed by atoms with E-state index in [1.165, 1.54) is 6.07 Å². The van der Waals surface area contributed by atoms with Crippen molar-refractivity contribution in [2.75, 3.05) is 25.1 Å². The summed E-state index contributed by atoms with van der Waals surface area (Å²) in [5, 5.41) is 8.46. The van der Waals surface area contributed by atoms with E-state index in [1.807, 2.05) is 6.92 Å². The molecule has 1 aromatic carbocycles. The van der Waals surface area contributed by atoms with Gasteiger partial charge in [-0.05, 0) is 43.4 Å². The highest BCUT2D eigenvalue weighted by molar-refractivity contribution is 7.89. The van der Waals surface area contributed by atoms with Gasteiger partial charge in [-0.25, -0.2) is 13.6 Å². The summed E-state index contributed by atoms with van der Waals surface area (Å²) >= 11 is 0. The Morgan fingerprint density at radius 2 is 2.05 bits per heavy atom. The largest absolute Gasteiger partial charge is 0.385 e. The van der Waals surface area contributed by atoms with Crippen molar-refractivity contribution in [2.45, 2.75) is 24.7 Å². The molecular weight excluding hydrogens is 264 g/mol. The van der Waals surface area contributed by atoms with Gasteiger partial charge in [0.25, 0.3) is 0 Å². The van der Waals surface area contributed by atoms with Crippen molar-refractivity contribution in [3.05, 3.63) is 23.8 Å². The molecule has 0 radical (unpaired) electrons. The highest BCUT2D eigenvalue weighted by Gasteiger charge is 2.15. The average Bonchev–Trinajstić information content (AvgIpc) is 2.37. The quantitative estimate of drug-likeness (QED) is 0.877. The van der Waals surface area contributed by atoms with E-state index >= 15 is 0 Å². The third-order valence-electron chi connectivity index (χ3n) is 3.46. The van der Waals surface area contributed by atoms with Crippen LogP contribution in [-0.2, 0) is 14.8 Å². The van der Waals surface area contributed by atoms with E-state index in [9.17, 15) is 8.42 Å². The molecule has 5 nitrogen and oxygen atoms in total. The van der Waals surface area contributed by atoms with Gasteiger partial charge in [0.05, 0.1) is 4.90 Å². The zero-order valence-corrected chi connectivity index (χ0v) is 11.9. The molecule has 1 fully saturated rings. The molecule has 0 amide bonds. The molecule has 2 rings (SSSR count). The Morgan fingerprint density at radius 1 is 1.37 bits per heavy atom. The van der Waals surface area contributed by atoms with Gasteiger partial charge in [0.1, 0.15) is 0 Å². The van der Waals surface area contributed by atoms with E-state index in [0.29, 0.717) is 5.92 Å². The number of hydrogen-bond acceptors (Lipinski definition) is 4. The lowest BCUT2D eigenvalue weighted by Crippen LogP contribution is -2.23. The third-order valence-corrected chi connectivity index (χ3v) is 4.37. The molecule has 1 heterocycles. The van der Waals surface area contributed by atoms with E-state index in [-0.39, 0.29) is 4.90 Å². The number of benzene rings is 1. The molecule has 0 unspecified atom stereocenters. The van der Waals surface area contributed by atoms with E-state index in [1.54, 1.807) is 12.1 Å². The molecule has 6 heteroatoms. The number of nitrogens with one attached hydrogen (secondary N) is 1. The van der Waals surface area contributed by atoms with Crippen LogP contribution in [0.1, 0.15) is 18.4 Å². The van der Waals surface area contributed by atoms with E-state index in [0.717, 1.165) is 43.9 Å². The Labute approximate surface area is 114 Å². The Balaban J connectivity index is 2.06. The molecule has 0 saturated carbocycles. The van der Waals surface area contributed by atoms with Crippen LogP contribution >= 0.6 is 0 Å². The lowest BCUT2D eigenvalue weighted by Gasteiger charge is -2.23. The predicted molar refractivity (Wildman–Crippen MR) is 74.6 cm³/mol. The SMILES string of the molecule is Cc1ccc(S(N)(=O)=O)cc1NCC1CCOCC1. The Kier molecular flexibility index (Phi) is 4.44. The summed E-state index contributed by atoms with van der Waals surface area (Å²) in [6.07, 6.45) is 2.09. The van der Waals surface area contributed by atoms with Crippen molar-refractivity contribution in [1.82, 2.24) is 0 Å². The Hall–Kier alpha value is -1.11. The van der Waals surface area contributed by atoms with Crippen molar-refractivity contribution >= 4 is 15.7 Å². The molecule has 1 saturated heterocycles. The molecule has 106 valence electrons. The third kappa shape index (κ3) is 3.92. The number of sulfonamides is 1. The molecule has 0 bridgehead atoms. The fourth-order valence-corrected chi connectivity index (χ4v) is 2.71. The number of anilines is 1. The van der Waals surface area contributed by atoms with Crippen LogP contribution in [0.2, 0.25) is 0 Å². The standard InChI is InChI=1S/C13H20N2O3S/c1-10-2-3-12(19(14,16)17)8-13(10)15-9-11-4-6-18-7-5-11/h2-3,8,11,15H,4-7,9H2,1H3,(H2,14,16,17). The number of ether oxygens (including phenoxy) is 1. The first-order valence-electron chi connectivity index (χ1n) is 6.42. The predicted octanol–water partition coefficient (Wildman–Crippen LogP) is 1.48. The van der Waals surface area contributed by atoms with Crippen molar-refractivity contribution in [2.24, 2.45) is 11.1 Å². The van der Waals surface area contributed by atoms with Gasteiger partial charge in [-0.15, -0.1) is 0 Å². The fraction of sp³-hybridized carbons (Fsp3) is 0.538. The number of aryl methyl sites for hydroxylation is 1. The molecule has 3 N–H and O–H groups in total. The topological polar surface area (TPSA) is 81.4 Å². The van der Waals surface area contributed by atoms with Crippen LogP contribution in [0.5, 0.6) is 0 Å². The maximum Gasteiger partial charge on any atom is 0.238 e. The van der Waals surface area contributed by atoms with Crippen LogP contribution in [-0.4, -0.2) is 28.2 Å². The lowest BCUT2D eigenvalue weighted by atomic mass is 10.0. The normalized spacial score (nSPS) is 17.4. The summed E-state index contributed by atoms with van der Waals surface area (Å²) in [6.45, 7) is 4.39. The maximum atomic E-state index is 11.3. The van der Waals surface area contributed by atoms with Gasteiger partial charge in [-0.2, -0.15) is 0 Å². The number of nitrogens with two attached hydrogens (primary N) is 1. The van der Waals surface area contributed by atoms with Crippen LogP contribution in [0.25, 0.3) is 0 Å². The van der Waals surface area contributed by atoms with Gasteiger partial charge in [0, 0.05) is 25.4 Å². The van der Waals surface area contributed by atoms with Gasteiger partial charge in [-0.1, -0.05) is 6.07 Å². The number of hydrogen-bond donors (Lipinski definition) is 2. The Morgan fingerprint density at radius 3 is 2.68 bits per heavy atom.